The summed E-state index contributed by atoms with van der Waals surface area (Å²) in [6.45, 7) is -0.574. The maximum absolute atomic E-state index is 13.8. The molecule has 6 N–H and O–H groups in total. The standard InChI is InChI=1S/C31H30N6O14S/c1-35-13-2-3-14(35)8-30(7-13,27(45)46)51-34-22(17-11-52-29(32)33-17)21(40)4-12-10-49-37(23(12)41)31(28(47)48)9-18(26(44)50-31)36-24(42)15-5-19(38)20(39)6-16(15)25(36)43/h5-6,11-14,18,38-39H,2-4,7-10H2,1H3,(H2,32,33)(H,45,46)(H,47,48)/b34-22-/t12-,13?,14?,18?,30?,31?/m0/s1. The number of hydrogen-bond donors (Lipinski definition) is 5. The number of Topliss-reactive ketones (excluding diaryl/α,β-unsaturated/α-hetero) is 1. The van der Waals surface area contributed by atoms with E-state index >= 15 is 0 Å². The number of carboxylic acid groups (broad SMARTS) is 2. The molecule has 0 saturated carbocycles. The number of carboxylic acids is 2. The number of cyclic esters (lactones) is 1. The molecular formula is C31H30N6O14S. The Hall–Kier alpha value is -5.67. The van der Waals surface area contributed by atoms with Crippen molar-refractivity contribution in [3.05, 3.63) is 34.3 Å². The van der Waals surface area contributed by atoms with Crippen LogP contribution >= 0.6 is 11.3 Å². The maximum Gasteiger partial charge on any atom is 0.372 e. The molecule has 5 aliphatic rings. The van der Waals surface area contributed by atoms with Crippen LogP contribution in [0.3, 0.4) is 0 Å². The van der Waals surface area contributed by atoms with E-state index in [1.54, 1.807) is 0 Å². The van der Waals surface area contributed by atoms with Crippen LogP contribution in [0.25, 0.3) is 0 Å². The second-order valence-electron chi connectivity index (χ2n) is 13.2. The number of ether oxygens (including phenoxy) is 1. The van der Waals surface area contributed by atoms with Gasteiger partial charge in [-0.1, -0.05) is 5.16 Å². The lowest BCUT2D eigenvalue weighted by Gasteiger charge is -2.40. The zero-order valence-corrected chi connectivity index (χ0v) is 27.9. The van der Waals surface area contributed by atoms with E-state index in [1.165, 1.54) is 5.38 Å². The van der Waals surface area contributed by atoms with E-state index in [2.05, 4.69) is 15.0 Å². The van der Waals surface area contributed by atoms with Crippen LogP contribution in [0.5, 0.6) is 11.5 Å². The fraction of sp³-hybridized carbons (Fsp3) is 0.452. The number of hydrogen-bond acceptors (Lipinski definition) is 17. The molecular weight excluding hydrogens is 712 g/mol. The van der Waals surface area contributed by atoms with E-state index in [4.69, 9.17) is 20.1 Å². The van der Waals surface area contributed by atoms with Crippen LogP contribution in [-0.4, -0.2) is 131 Å². The predicted octanol–water partition coefficient (Wildman–Crippen LogP) is -0.321. The molecule has 4 fully saturated rings. The number of hydroxylamine groups is 2. The second-order valence-corrected chi connectivity index (χ2v) is 14.1. The van der Waals surface area contributed by atoms with Crippen molar-refractivity contribution in [1.29, 1.82) is 0 Å². The molecule has 7 rings (SSSR count). The number of carbonyl (C=O) groups is 7. The average molecular weight is 743 g/mol. The summed E-state index contributed by atoms with van der Waals surface area (Å²) >= 11 is 0.964. The van der Waals surface area contributed by atoms with Crippen molar-refractivity contribution in [3.8, 4) is 11.5 Å². The van der Waals surface area contributed by atoms with Gasteiger partial charge in [-0.2, -0.15) is 5.06 Å². The van der Waals surface area contributed by atoms with E-state index < -0.39 is 101 Å². The second kappa shape index (κ2) is 12.2. The number of esters is 1. The molecule has 5 atom stereocenters. The Labute approximate surface area is 295 Å². The molecule has 2 bridgehead atoms. The molecule has 0 spiro atoms. The summed E-state index contributed by atoms with van der Waals surface area (Å²) < 4.78 is 5.16. The summed E-state index contributed by atoms with van der Waals surface area (Å²) in [5.74, 6) is -11.5. The first-order valence-electron chi connectivity index (χ1n) is 15.9. The van der Waals surface area contributed by atoms with Crippen molar-refractivity contribution in [1.82, 2.24) is 19.8 Å². The van der Waals surface area contributed by atoms with E-state index in [0.29, 0.717) is 4.90 Å². The van der Waals surface area contributed by atoms with E-state index in [9.17, 15) is 54.0 Å². The Kier molecular flexibility index (Phi) is 8.18. The first-order chi connectivity index (χ1) is 24.6. The minimum absolute atomic E-state index is 0.0516. The third-order valence-electron chi connectivity index (χ3n) is 10.2. The van der Waals surface area contributed by atoms with Crippen molar-refractivity contribution in [2.75, 3.05) is 19.4 Å². The van der Waals surface area contributed by atoms with Gasteiger partial charge < -0.3 is 40.6 Å². The van der Waals surface area contributed by atoms with Crippen LogP contribution in [0, 0.1) is 5.92 Å². The highest BCUT2D eigenvalue weighted by molar-refractivity contribution is 7.13. The number of ketones is 1. The van der Waals surface area contributed by atoms with Gasteiger partial charge in [0.1, 0.15) is 11.7 Å². The van der Waals surface area contributed by atoms with Crippen molar-refractivity contribution in [2.45, 2.75) is 68.0 Å². The minimum Gasteiger partial charge on any atom is -0.504 e. The van der Waals surface area contributed by atoms with Gasteiger partial charge in [0.2, 0.25) is 5.60 Å². The molecule has 4 unspecified atom stereocenters. The number of phenolic OH excluding ortho intramolecular Hbond substituents is 2. The van der Waals surface area contributed by atoms with Gasteiger partial charge in [-0.05, 0) is 32.0 Å². The zero-order valence-electron chi connectivity index (χ0n) is 27.1. The summed E-state index contributed by atoms with van der Waals surface area (Å²) in [7, 11) is 1.90. The van der Waals surface area contributed by atoms with Crippen LogP contribution in [-0.2, 0) is 38.4 Å². The number of amides is 3. The predicted molar refractivity (Wildman–Crippen MR) is 169 cm³/mol. The molecule has 5 aliphatic heterocycles. The first kappa shape index (κ1) is 34.8. The number of benzene rings is 1. The Morgan fingerprint density at radius 1 is 1.02 bits per heavy atom. The van der Waals surface area contributed by atoms with Gasteiger partial charge in [-0.25, -0.2) is 19.4 Å². The summed E-state index contributed by atoms with van der Waals surface area (Å²) in [6, 6.07) is -0.406. The maximum atomic E-state index is 13.8. The lowest BCUT2D eigenvalue weighted by molar-refractivity contribution is -0.256. The number of imide groups is 1. The molecule has 0 aliphatic carbocycles. The lowest BCUT2D eigenvalue weighted by Crippen LogP contribution is -2.56. The highest BCUT2D eigenvalue weighted by Crippen LogP contribution is 2.43. The number of carbonyl (C=O) groups excluding carboxylic acids is 5. The van der Waals surface area contributed by atoms with Crippen molar-refractivity contribution in [3.63, 3.8) is 0 Å². The summed E-state index contributed by atoms with van der Waals surface area (Å²) in [5, 5.41) is 45.8. The fourth-order valence-electron chi connectivity index (χ4n) is 7.43. The Morgan fingerprint density at radius 2 is 1.63 bits per heavy atom. The number of anilines is 1. The minimum atomic E-state index is -2.87. The topological polar surface area (TPSA) is 289 Å². The number of nitrogens with zero attached hydrogens (tertiary/aromatic N) is 5. The largest absolute Gasteiger partial charge is 0.504 e. The average Bonchev–Trinajstić information content (AvgIpc) is 3.86. The smallest absolute Gasteiger partial charge is 0.372 e. The third-order valence-corrected chi connectivity index (χ3v) is 10.9. The number of nitrogen functional groups attached to an aromatic ring is 1. The Bertz CT molecular complexity index is 1940. The summed E-state index contributed by atoms with van der Waals surface area (Å²) in [5.41, 5.74) is -0.0556. The van der Waals surface area contributed by atoms with Crippen LogP contribution < -0.4 is 5.73 Å². The molecule has 2 aromatic rings. The molecule has 0 radical (unpaired) electrons. The summed E-state index contributed by atoms with van der Waals surface area (Å²) in [6.07, 6.45) is 0.0994. The fourth-order valence-corrected chi connectivity index (χ4v) is 7.97. The third kappa shape index (κ3) is 5.30. The quantitative estimate of drug-likeness (QED) is 0.0685. The number of aliphatic carboxylic acids is 2. The van der Waals surface area contributed by atoms with Gasteiger partial charge in [0.05, 0.1) is 30.1 Å². The van der Waals surface area contributed by atoms with E-state index in [0.717, 1.165) is 36.3 Å². The van der Waals surface area contributed by atoms with Crippen LogP contribution in [0.1, 0.15) is 64.9 Å². The van der Waals surface area contributed by atoms with Crippen LogP contribution in [0.4, 0.5) is 5.13 Å². The molecule has 1 aromatic carbocycles. The van der Waals surface area contributed by atoms with E-state index in [1.807, 2.05) is 7.05 Å². The Balaban J connectivity index is 1.11. The molecule has 274 valence electrons. The van der Waals surface area contributed by atoms with Crippen LogP contribution in [0.2, 0.25) is 0 Å². The molecule has 1 aromatic heterocycles. The lowest BCUT2D eigenvalue weighted by atomic mass is 9.86. The first-order valence-corrected chi connectivity index (χ1v) is 16.8. The molecule has 20 nitrogen and oxygen atoms in total. The number of fused-ring (bicyclic) bond motifs is 3. The number of rotatable bonds is 10. The van der Waals surface area contributed by atoms with Gasteiger partial charge in [0, 0.05) is 36.7 Å². The van der Waals surface area contributed by atoms with Gasteiger partial charge in [0.25, 0.3) is 17.7 Å². The molecule has 3 amide bonds. The normalized spacial score (nSPS) is 30.2. The summed E-state index contributed by atoms with van der Waals surface area (Å²) in [4.78, 5) is 110. The molecule has 4 saturated heterocycles. The van der Waals surface area contributed by atoms with Crippen molar-refractivity contribution in [2.24, 2.45) is 11.1 Å². The number of piperidine rings is 1. The number of aromatic hydroxyl groups is 2. The number of oxime groups is 1. The van der Waals surface area contributed by atoms with Gasteiger partial charge >= 0.3 is 23.6 Å². The highest BCUT2D eigenvalue weighted by atomic mass is 32.1. The van der Waals surface area contributed by atoms with Gasteiger partial charge in [0.15, 0.2) is 28.1 Å². The molecule has 52 heavy (non-hydrogen) atoms. The molecule has 21 heteroatoms. The SMILES string of the molecule is CN1C2CCC1CC(O/N=C(\C(=O)C[C@H]1CON(C3(C(=O)O)CC(N4C(=O)c5cc(O)c(O)cc5C4=O)C(=O)O3)C1=O)c1csc(N)n1)(C(=O)O)C2. The number of thiazole rings is 1. The van der Waals surface area contributed by atoms with E-state index in [-0.39, 0.29) is 51.9 Å². The highest BCUT2D eigenvalue weighted by Gasteiger charge is 2.65. The Morgan fingerprint density at radius 3 is 2.17 bits per heavy atom. The number of aromatic nitrogens is 1. The van der Waals surface area contributed by atoms with Crippen molar-refractivity contribution >= 4 is 63.6 Å². The van der Waals surface area contributed by atoms with Crippen molar-refractivity contribution < 1.29 is 68.4 Å². The monoisotopic (exact) mass is 742 g/mol. The number of phenols is 2. The van der Waals surface area contributed by atoms with Crippen LogP contribution in [0.15, 0.2) is 22.7 Å². The molecule has 6 heterocycles. The van der Waals surface area contributed by atoms with Gasteiger partial charge in [-0.3, -0.25) is 28.9 Å². The van der Waals surface area contributed by atoms with Gasteiger partial charge in [-0.15, -0.1) is 11.3 Å². The number of nitrogens with two attached hydrogens (primary N) is 1. The zero-order chi connectivity index (χ0) is 37.4.